The maximum atomic E-state index is 4.70. The van der Waals surface area contributed by atoms with Gasteiger partial charge in [-0.15, -0.1) is 0 Å². The van der Waals surface area contributed by atoms with E-state index in [2.05, 4.69) is 47.7 Å². The standard InChI is InChI=1S/C16H22N4/c1-4-19(5-2)16-17-13-12-15(18-16)20(6-3)14-10-8-7-9-11-14/h7-13H,4-6H2,1-3H3. The molecule has 0 saturated heterocycles. The van der Waals surface area contributed by atoms with Crippen molar-refractivity contribution < 1.29 is 0 Å². The molecule has 1 heterocycles. The number of hydrogen-bond donors (Lipinski definition) is 0. The van der Waals surface area contributed by atoms with Gasteiger partial charge in [-0.05, 0) is 39.0 Å². The zero-order chi connectivity index (χ0) is 14.4. The van der Waals surface area contributed by atoms with E-state index in [-0.39, 0.29) is 0 Å². The highest BCUT2D eigenvalue weighted by atomic mass is 15.3. The Labute approximate surface area is 121 Å². The van der Waals surface area contributed by atoms with E-state index in [0.717, 1.165) is 37.1 Å². The maximum absolute atomic E-state index is 4.70. The number of hydrogen-bond acceptors (Lipinski definition) is 4. The lowest BCUT2D eigenvalue weighted by atomic mass is 10.3. The minimum absolute atomic E-state index is 0.793. The number of aromatic nitrogens is 2. The Bertz CT molecular complexity index is 523. The first-order chi connectivity index (χ1) is 9.80. The van der Waals surface area contributed by atoms with E-state index < -0.39 is 0 Å². The fraction of sp³-hybridized carbons (Fsp3) is 0.375. The van der Waals surface area contributed by atoms with Crippen molar-refractivity contribution in [2.24, 2.45) is 0 Å². The van der Waals surface area contributed by atoms with E-state index in [0.29, 0.717) is 0 Å². The van der Waals surface area contributed by atoms with Crippen LogP contribution in [0.15, 0.2) is 42.6 Å². The highest BCUT2D eigenvalue weighted by Gasteiger charge is 2.11. The van der Waals surface area contributed by atoms with Gasteiger partial charge >= 0.3 is 0 Å². The summed E-state index contributed by atoms with van der Waals surface area (Å²) in [7, 11) is 0. The Morgan fingerprint density at radius 2 is 1.60 bits per heavy atom. The number of benzene rings is 1. The van der Waals surface area contributed by atoms with E-state index in [4.69, 9.17) is 4.98 Å². The highest BCUT2D eigenvalue weighted by Crippen LogP contribution is 2.23. The molecular formula is C16H22N4. The van der Waals surface area contributed by atoms with Gasteiger partial charge in [0.15, 0.2) is 0 Å². The lowest BCUT2D eigenvalue weighted by Crippen LogP contribution is -2.25. The molecule has 1 aromatic carbocycles. The van der Waals surface area contributed by atoms with Crippen LogP contribution >= 0.6 is 0 Å². The van der Waals surface area contributed by atoms with Crippen LogP contribution in [-0.2, 0) is 0 Å². The Kier molecular flexibility index (Phi) is 4.93. The molecule has 0 aliphatic heterocycles. The number of anilines is 3. The van der Waals surface area contributed by atoms with E-state index >= 15 is 0 Å². The second-order valence-electron chi connectivity index (χ2n) is 4.47. The third-order valence-electron chi connectivity index (χ3n) is 3.34. The van der Waals surface area contributed by atoms with Gasteiger partial charge in [0.05, 0.1) is 0 Å². The van der Waals surface area contributed by atoms with Crippen molar-refractivity contribution in [2.75, 3.05) is 29.4 Å². The molecule has 106 valence electrons. The first kappa shape index (κ1) is 14.3. The van der Waals surface area contributed by atoms with Gasteiger partial charge in [0, 0.05) is 31.5 Å². The number of nitrogens with zero attached hydrogens (tertiary/aromatic N) is 4. The third kappa shape index (κ3) is 3.07. The summed E-state index contributed by atoms with van der Waals surface area (Å²) in [6.07, 6.45) is 1.83. The first-order valence-electron chi connectivity index (χ1n) is 7.20. The minimum Gasteiger partial charge on any atom is -0.341 e. The summed E-state index contributed by atoms with van der Waals surface area (Å²) in [6, 6.07) is 12.3. The second-order valence-corrected chi connectivity index (χ2v) is 4.47. The summed E-state index contributed by atoms with van der Waals surface area (Å²) < 4.78 is 0. The molecule has 0 saturated carbocycles. The Morgan fingerprint density at radius 3 is 2.20 bits per heavy atom. The van der Waals surface area contributed by atoms with Crippen LogP contribution in [0.1, 0.15) is 20.8 Å². The summed E-state index contributed by atoms with van der Waals surface area (Å²) in [4.78, 5) is 13.4. The average molecular weight is 270 g/mol. The molecule has 0 aliphatic carbocycles. The monoisotopic (exact) mass is 270 g/mol. The molecule has 0 fully saturated rings. The van der Waals surface area contributed by atoms with Crippen molar-refractivity contribution in [3.05, 3.63) is 42.6 Å². The van der Waals surface area contributed by atoms with Gasteiger partial charge in [-0.3, -0.25) is 0 Å². The van der Waals surface area contributed by atoms with Crippen molar-refractivity contribution in [3.63, 3.8) is 0 Å². The van der Waals surface area contributed by atoms with Crippen LogP contribution in [0.25, 0.3) is 0 Å². The van der Waals surface area contributed by atoms with Gasteiger partial charge in [-0.25, -0.2) is 4.98 Å². The van der Waals surface area contributed by atoms with E-state index in [1.54, 1.807) is 0 Å². The molecule has 20 heavy (non-hydrogen) atoms. The smallest absolute Gasteiger partial charge is 0.227 e. The second kappa shape index (κ2) is 6.89. The largest absolute Gasteiger partial charge is 0.341 e. The fourth-order valence-corrected chi connectivity index (χ4v) is 2.23. The Morgan fingerprint density at radius 1 is 0.900 bits per heavy atom. The van der Waals surface area contributed by atoms with Crippen molar-refractivity contribution in [1.29, 1.82) is 0 Å². The topological polar surface area (TPSA) is 32.3 Å². The Balaban J connectivity index is 2.33. The van der Waals surface area contributed by atoms with E-state index in [1.165, 1.54) is 0 Å². The van der Waals surface area contributed by atoms with Crippen molar-refractivity contribution in [2.45, 2.75) is 20.8 Å². The average Bonchev–Trinajstić information content (AvgIpc) is 2.51. The lowest BCUT2D eigenvalue weighted by Gasteiger charge is -2.24. The van der Waals surface area contributed by atoms with Gasteiger partial charge in [-0.1, -0.05) is 18.2 Å². The maximum Gasteiger partial charge on any atom is 0.227 e. The molecule has 2 rings (SSSR count). The molecule has 4 nitrogen and oxygen atoms in total. The van der Waals surface area contributed by atoms with E-state index in [1.807, 2.05) is 30.5 Å². The SMILES string of the molecule is CCN(CC)c1nccc(N(CC)c2ccccc2)n1. The van der Waals surface area contributed by atoms with Gasteiger partial charge < -0.3 is 9.80 Å². The van der Waals surface area contributed by atoms with Gasteiger partial charge in [-0.2, -0.15) is 4.98 Å². The molecule has 0 N–H and O–H groups in total. The Hall–Kier alpha value is -2.10. The van der Waals surface area contributed by atoms with Gasteiger partial charge in [0.1, 0.15) is 5.82 Å². The quantitative estimate of drug-likeness (QED) is 0.804. The fourth-order valence-electron chi connectivity index (χ4n) is 2.23. The van der Waals surface area contributed by atoms with Crippen LogP contribution in [-0.4, -0.2) is 29.6 Å². The number of para-hydroxylation sites is 1. The predicted molar refractivity (Wildman–Crippen MR) is 84.7 cm³/mol. The van der Waals surface area contributed by atoms with Gasteiger partial charge in [0.25, 0.3) is 0 Å². The van der Waals surface area contributed by atoms with Crippen LogP contribution in [0.3, 0.4) is 0 Å². The van der Waals surface area contributed by atoms with Gasteiger partial charge in [0.2, 0.25) is 5.95 Å². The van der Waals surface area contributed by atoms with Crippen molar-refractivity contribution in [3.8, 4) is 0 Å². The molecule has 0 amide bonds. The number of rotatable bonds is 6. The molecule has 0 atom stereocenters. The summed E-state index contributed by atoms with van der Waals surface area (Å²) in [5, 5.41) is 0. The zero-order valence-electron chi connectivity index (χ0n) is 12.5. The van der Waals surface area contributed by atoms with Crippen LogP contribution < -0.4 is 9.80 Å². The van der Waals surface area contributed by atoms with Crippen molar-refractivity contribution >= 4 is 17.5 Å². The van der Waals surface area contributed by atoms with Crippen LogP contribution in [0, 0.1) is 0 Å². The predicted octanol–water partition coefficient (Wildman–Crippen LogP) is 3.48. The molecule has 4 heteroatoms. The molecule has 2 aromatic rings. The molecule has 0 unspecified atom stereocenters. The van der Waals surface area contributed by atoms with Crippen molar-refractivity contribution in [1.82, 2.24) is 9.97 Å². The van der Waals surface area contributed by atoms with Crippen LogP contribution in [0.4, 0.5) is 17.5 Å². The minimum atomic E-state index is 0.793. The summed E-state index contributed by atoms with van der Waals surface area (Å²) in [5.41, 5.74) is 1.15. The van der Waals surface area contributed by atoms with E-state index in [9.17, 15) is 0 Å². The molecule has 0 radical (unpaired) electrons. The van der Waals surface area contributed by atoms with Crippen LogP contribution in [0.2, 0.25) is 0 Å². The molecule has 0 aliphatic rings. The lowest BCUT2D eigenvalue weighted by molar-refractivity contribution is 0.816. The third-order valence-corrected chi connectivity index (χ3v) is 3.34. The molecule has 0 spiro atoms. The summed E-state index contributed by atoms with van der Waals surface area (Å²) in [6.45, 7) is 9.07. The molecule has 0 bridgehead atoms. The zero-order valence-corrected chi connectivity index (χ0v) is 12.5. The highest BCUT2D eigenvalue weighted by molar-refractivity contribution is 5.60. The van der Waals surface area contributed by atoms with Crippen LogP contribution in [0.5, 0.6) is 0 Å². The summed E-state index contributed by atoms with van der Waals surface area (Å²) >= 11 is 0. The summed E-state index contributed by atoms with van der Waals surface area (Å²) in [5.74, 6) is 1.73. The molecule has 1 aromatic heterocycles. The first-order valence-corrected chi connectivity index (χ1v) is 7.20. The normalized spacial score (nSPS) is 10.3. The molecular weight excluding hydrogens is 248 g/mol.